The molecule has 0 aromatic heterocycles. The second-order valence-electron chi connectivity index (χ2n) is 4.97. The zero-order valence-corrected chi connectivity index (χ0v) is 13.5. The van der Waals surface area contributed by atoms with Crippen LogP contribution in [-0.2, 0) is 6.42 Å². The molecule has 0 bridgehead atoms. The number of nitrogens with one attached hydrogen (secondary N) is 1. The number of methoxy groups -OCH3 is 1. The van der Waals surface area contributed by atoms with Crippen LogP contribution in [0.25, 0.3) is 0 Å². The fourth-order valence-corrected chi connectivity index (χ4v) is 2.24. The average Bonchev–Trinajstić information content (AvgIpc) is 2.51. The molecule has 116 valence electrons. The molecule has 0 heterocycles. The van der Waals surface area contributed by atoms with Crippen molar-refractivity contribution < 1.29 is 4.74 Å². The van der Waals surface area contributed by atoms with Crippen molar-refractivity contribution in [1.82, 2.24) is 0 Å². The number of nitrogens with zero attached hydrogens (tertiary/aromatic N) is 1. The maximum absolute atomic E-state index is 6.19. The Kier molecular flexibility index (Phi) is 5.67. The Morgan fingerprint density at radius 2 is 1.95 bits per heavy atom. The molecular weight excluding hydrogens is 298 g/mol. The van der Waals surface area contributed by atoms with Crippen molar-refractivity contribution in [3.63, 3.8) is 0 Å². The summed E-state index contributed by atoms with van der Waals surface area (Å²) in [5.74, 6) is 1.14. The van der Waals surface area contributed by atoms with Gasteiger partial charge < -0.3 is 15.8 Å². The Labute approximate surface area is 136 Å². The molecule has 0 saturated heterocycles. The summed E-state index contributed by atoms with van der Waals surface area (Å²) >= 11 is 6.19. The van der Waals surface area contributed by atoms with E-state index >= 15 is 0 Å². The van der Waals surface area contributed by atoms with E-state index in [-0.39, 0.29) is 0 Å². The van der Waals surface area contributed by atoms with E-state index in [1.807, 2.05) is 43.3 Å². The molecule has 0 spiro atoms. The molecule has 0 unspecified atom stereocenters. The van der Waals surface area contributed by atoms with Gasteiger partial charge in [-0.05, 0) is 43.2 Å². The third-order valence-electron chi connectivity index (χ3n) is 3.25. The molecule has 2 aromatic rings. The van der Waals surface area contributed by atoms with Crippen molar-refractivity contribution in [2.24, 2.45) is 10.7 Å². The first-order valence-corrected chi connectivity index (χ1v) is 7.42. The second-order valence-corrected chi connectivity index (χ2v) is 5.37. The van der Waals surface area contributed by atoms with Crippen LogP contribution in [0.1, 0.15) is 11.1 Å². The zero-order chi connectivity index (χ0) is 15.9. The van der Waals surface area contributed by atoms with E-state index < -0.39 is 0 Å². The quantitative estimate of drug-likeness (QED) is 0.654. The molecule has 0 radical (unpaired) electrons. The standard InChI is InChI=1S/C17H20ClN3O/c1-12-3-6-14(7-4-12)21-17(19)20-10-9-13-5-8-15(22-2)11-16(13)18/h3-8,11H,9-10H2,1-2H3,(H3,19,20,21). The number of nitrogens with two attached hydrogens (primary N) is 1. The van der Waals surface area contributed by atoms with Crippen molar-refractivity contribution >= 4 is 23.2 Å². The highest BCUT2D eigenvalue weighted by Gasteiger charge is 2.02. The molecule has 0 aliphatic rings. The summed E-state index contributed by atoms with van der Waals surface area (Å²) in [5, 5.41) is 3.74. The van der Waals surface area contributed by atoms with Crippen molar-refractivity contribution in [3.8, 4) is 5.75 Å². The number of guanidine groups is 1. The van der Waals surface area contributed by atoms with Crippen molar-refractivity contribution in [3.05, 3.63) is 58.6 Å². The SMILES string of the molecule is COc1ccc(CCN=C(N)Nc2ccc(C)cc2)c(Cl)c1. The maximum Gasteiger partial charge on any atom is 0.193 e. The van der Waals surface area contributed by atoms with Crippen LogP contribution in [0.5, 0.6) is 5.75 Å². The highest BCUT2D eigenvalue weighted by atomic mass is 35.5. The smallest absolute Gasteiger partial charge is 0.193 e. The fourth-order valence-electron chi connectivity index (χ4n) is 1.98. The third-order valence-corrected chi connectivity index (χ3v) is 3.60. The summed E-state index contributed by atoms with van der Waals surface area (Å²) in [6.45, 7) is 2.61. The van der Waals surface area contributed by atoms with Crippen molar-refractivity contribution in [1.29, 1.82) is 0 Å². The number of halogens is 1. The molecule has 0 aliphatic carbocycles. The molecule has 0 amide bonds. The van der Waals surface area contributed by atoms with Gasteiger partial charge in [-0.25, -0.2) is 0 Å². The summed E-state index contributed by atoms with van der Waals surface area (Å²) in [4.78, 5) is 4.31. The molecular formula is C17H20ClN3O. The van der Waals surface area contributed by atoms with Gasteiger partial charge in [-0.2, -0.15) is 0 Å². The Hall–Kier alpha value is -2.20. The Bertz CT molecular complexity index is 653. The van der Waals surface area contributed by atoms with Crippen LogP contribution >= 0.6 is 11.6 Å². The zero-order valence-electron chi connectivity index (χ0n) is 12.8. The van der Waals surface area contributed by atoms with Gasteiger partial charge >= 0.3 is 0 Å². The van der Waals surface area contributed by atoms with Gasteiger partial charge in [0.25, 0.3) is 0 Å². The van der Waals surface area contributed by atoms with Crippen LogP contribution < -0.4 is 15.8 Å². The van der Waals surface area contributed by atoms with Gasteiger partial charge in [-0.3, -0.25) is 4.99 Å². The van der Waals surface area contributed by atoms with Crippen LogP contribution in [-0.4, -0.2) is 19.6 Å². The number of hydrogen-bond acceptors (Lipinski definition) is 2. The van der Waals surface area contributed by atoms with Crippen molar-refractivity contribution in [2.45, 2.75) is 13.3 Å². The predicted molar refractivity (Wildman–Crippen MR) is 93.0 cm³/mol. The number of benzene rings is 2. The number of hydrogen-bond donors (Lipinski definition) is 2. The number of aryl methyl sites for hydroxylation is 1. The van der Waals surface area contributed by atoms with E-state index in [0.717, 1.165) is 23.4 Å². The second kappa shape index (κ2) is 7.71. The van der Waals surface area contributed by atoms with E-state index in [0.29, 0.717) is 17.5 Å². The summed E-state index contributed by atoms with van der Waals surface area (Å²) in [5.41, 5.74) is 9.03. The topological polar surface area (TPSA) is 59.6 Å². The Morgan fingerprint density at radius 3 is 2.59 bits per heavy atom. The number of aliphatic imine (C=N–C) groups is 1. The lowest BCUT2D eigenvalue weighted by Crippen LogP contribution is -2.23. The minimum absolute atomic E-state index is 0.397. The van der Waals surface area contributed by atoms with Gasteiger partial charge in [0, 0.05) is 17.3 Å². The summed E-state index contributed by atoms with van der Waals surface area (Å²) in [6.07, 6.45) is 0.721. The Morgan fingerprint density at radius 1 is 1.23 bits per heavy atom. The predicted octanol–water partition coefficient (Wildman–Crippen LogP) is 3.63. The fraction of sp³-hybridized carbons (Fsp3) is 0.235. The van der Waals surface area contributed by atoms with Gasteiger partial charge in [0.05, 0.1) is 7.11 Å². The van der Waals surface area contributed by atoms with Gasteiger partial charge in [0.2, 0.25) is 0 Å². The van der Waals surface area contributed by atoms with Crippen LogP contribution in [0, 0.1) is 6.92 Å². The number of ether oxygens (including phenoxy) is 1. The molecule has 3 N–H and O–H groups in total. The van der Waals surface area contributed by atoms with E-state index in [1.54, 1.807) is 13.2 Å². The molecule has 0 saturated carbocycles. The minimum Gasteiger partial charge on any atom is -0.497 e. The van der Waals surface area contributed by atoms with Crippen LogP contribution in [0.3, 0.4) is 0 Å². The first-order chi connectivity index (χ1) is 10.6. The monoisotopic (exact) mass is 317 g/mol. The maximum atomic E-state index is 6.19. The van der Waals surface area contributed by atoms with Crippen LogP contribution in [0.15, 0.2) is 47.5 Å². The highest BCUT2D eigenvalue weighted by Crippen LogP contribution is 2.22. The Balaban J connectivity index is 1.90. The largest absolute Gasteiger partial charge is 0.497 e. The van der Waals surface area contributed by atoms with Crippen molar-refractivity contribution in [2.75, 3.05) is 19.0 Å². The van der Waals surface area contributed by atoms with E-state index in [9.17, 15) is 0 Å². The molecule has 2 aromatic carbocycles. The first-order valence-electron chi connectivity index (χ1n) is 7.04. The highest BCUT2D eigenvalue weighted by molar-refractivity contribution is 6.31. The molecule has 22 heavy (non-hydrogen) atoms. The summed E-state index contributed by atoms with van der Waals surface area (Å²) < 4.78 is 5.13. The minimum atomic E-state index is 0.397. The molecule has 4 nitrogen and oxygen atoms in total. The third kappa shape index (κ3) is 4.67. The molecule has 0 atom stereocenters. The van der Waals surface area contributed by atoms with Crippen LogP contribution in [0.4, 0.5) is 5.69 Å². The number of anilines is 1. The lowest BCUT2D eigenvalue weighted by molar-refractivity contribution is 0.414. The van der Waals surface area contributed by atoms with E-state index in [2.05, 4.69) is 10.3 Å². The lowest BCUT2D eigenvalue weighted by Gasteiger charge is -2.07. The number of rotatable bonds is 5. The lowest BCUT2D eigenvalue weighted by atomic mass is 10.1. The van der Waals surface area contributed by atoms with E-state index in [1.165, 1.54) is 5.56 Å². The van der Waals surface area contributed by atoms with Gasteiger partial charge in [0.15, 0.2) is 5.96 Å². The summed E-state index contributed by atoms with van der Waals surface area (Å²) in [7, 11) is 1.62. The molecule has 0 fully saturated rings. The van der Waals surface area contributed by atoms with E-state index in [4.69, 9.17) is 22.1 Å². The first kappa shape index (κ1) is 16.2. The summed E-state index contributed by atoms with van der Waals surface area (Å²) in [6, 6.07) is 13.6. The van der Waals surface area contributed by atoms with Gasteiger partial charge in [-0.1, -0.05) is 35.4 Å². The van der Waals surface area contributed by atoms with Gasteiger partial charge in [0.1, 0.15) is 5.75 Å². The normalized spacial score (nSPS) is 11.3. The average molecular weight is 318 g/mol. The molecule has 5 heteroatoms. The molecule has 0 aliphatic heterocycles. The molecule has 2 rings (SSSR count). The van der Waals surface area contributed by atoms with Crippen LogP contribution in [0.2, 0.25) is 5.02 Å². The van der Waals surface area contributed by atoms with Gasteiger partial charge in [-0.15, -0.1) is 0 Å².